The van der Waals surface area contributed by atoms with Gasteiger partial charge in [0.25, 0.3) is 11.6 Å². The molecule has 0 atom stereocenters. The summed E-state index contributed by atoms with van der Waals surface area (Å²) < 4.78 is 9.93. The molecule has 21 heavy (non-hydrogen) atoms. The first kappa shape index (κ1) is 13.9. The minimum atomic E-state index is -0.482. The van der Waals surface area contributed by atoms with Crippen molar-refractivity contribution in [3.63, 3.8) is 0 Å². The number of ether oxygens (including phenoxy) is 1. The minimum absolute atomic E-state index is 0.0450. The number of methoxy groups -OCH3 is 1. The molecule has 2 aromatic heterocycles. The lowest BCUT2D eigenvalue weighted by atomic mass is 9.97. The van der Waals surface area contributed by atoms with Crippen LogP contribution >= 0.6 is 0 Å². The fraction of sp³-hybridized carbons (Fsp3) is 0.533. The summed E-state index contributed by atoms with van der Waals surface area (Å²) in [5, 5.41) is 0.355. The highest BCUT2D eigenvalue weighted by Gasteiger charge is 2.17. The van der Waals surface area contributed by atoms with Gasteiger partial charge in [-0.2, -0.15) is 4.98 Å². The Morgan fingerprint density at radius 2 is 2.14 bits per heavy atom. The van der Waals surface area contributed by atoms with Gasteiger partial charge in [-0.3, -0.25) is 9.78 Å². The summed E-state index contributed by atoms with van der Waals surface area (Å²) in [4.78, 5) is 30.3. The molecule has 2 aromatic rings. The predicted octanol–water partition coefficient (Wildman–Crippen LogP) is 2.01. The Morgan fingerprint density at radius 1 is 1.38 bits per heavy atom. The Balaban J connectivity index is 2.00. The summed E-state index contributed by atoms with van der Waals surface area (Å²) in [5.74, 6) is 0.692. The lowest BCUT2D eigenvalue weighted by Crippen LogP contribution is -2.15. The Morgan fingerprint density at radius 3 is 2.86 bits per heavy atom. The second-order valence-corrected chi connectivity index (χ2v) is 5.54. The topological polar surface area (TPSA) is 85.2 Å². The normalized spacial score (nSPS) is 15.7. The zero-order chi connectivity index (χ0) is 14.8. The second kappa shape index (κ2) is 5.71. The van der Waals surface area contributed by atoms with E-state index in [0.717, 1.165) is 6.42 Å². The molecule has 1 aliphatic carbocycles. The van der Waals surface area contributed by atoms with Crippen LogP contribution in [0.1, 0.15) is 37.7 Å². The number of hydrogen-bond acceptors (Lipinski definition) is 5. The van der Waals surface area contributed by atoms with Gasteiger partial charge in [-0.25, -0.2) is 4.79 Å². The summed E-state index contributed by atoms with van der Waals surface area (Å²) in [6.07, 6.45) is 6.72. The van der Waals surface area contributed by atoms with E-state index >= 15 is 0 Å². The minimum Gasteiger partial charge on any atom is -0.468 e. The van der Waals surface area contributed by atoms with E-state index in [0.29, 0.717) is 23.3 Å². The van der Waals surface area contributed by atoms with E-state index in [-0.39, 0.29) is 17.3 Å². The van der Waals surface area contributed by atoms with Crippen LogP contribution in [0.25, 0.3) is 11.1 Å². The first-order chi connectivity index (χ1) is 10.2. The molecule has 0 radical (unpaired) electrons. The zero-order valence-electron chi connectivity index (χ0n) is 12.0. The van der Waals surface area contributed by atoms with Crippen molar-refractivity contribution in [2.75, 3.05) is 7.11 Å². The Bertz CT molecular complexity index is 756. The highest BCUT2D eigenvalue weighted by molar-refractivity contribution is 5.75. The molecule has 3 rings (SSSR count). The van der Waals surface area contributed by atoms with E-state index < -0.39 is 5.63 Å². The van der Waals surface area contributed by atoms with Gasteiger partial charge in [-0.15, -0.1) is 0 Å². The molecule has 1 aliphatic rings. The van der Waals surface area contributed by atoms with Crippen LogP contribution in [0.5, 0.6) is 6.01 Å². The zero-order valence-corrected chi connectivity index (χ0v) is 12.0. The molecule has 1 N–H and O–H groups in total. The third-order valence-electron chi connectivity index (χ3n) is 4.16. The van der Waals surface area contributed by atoms with Gasteiger partial charge in [0.05, 0.1) is 7.11 Å². The van der Waals surface area contributed by atoms with Gasteiger partial charge < -0.3 is 9.15 Å². The molecule has 0 bridgehead atoms. The van der Waals surface area contributed by atoms with Crippen LogP contribution < -0.4 is 15.9 Å². The number of aryl methyl sites for hydroxylation is 1. The van der Waals surface area contributed by atoms with E-state index in [4.69, 9.17) is 9.15 Å². The number of nitrogens with one attached hydrogen (secondary N) is 1. The van der Waals surface area contributed by atoms with Crippen molar-refractivity contribution in [3.8, 4) is 6.01 Å². The summed E-state index contributed by atoms with van der Waals surface area (Å²) in [7, 11) is 1.39. The molecule has 1 saturated carbocycles. The van der Waals surface area contributed by atoms with Gasteiger partial charge in [0.1, 0.15) is 5.39 Å². The van der Waals surface area contributed by atoms with Gasteiger partial charge >= 0.3 is 5.63 Å². The molecule has 0 amide bonds. The standard InChI is InChI=1S/C15H18N2O4/c1-20-15-16-13(19)12-10(7-6-9-4-2-3-5-9)8-11(18)21-14(12)17-15/h8-9H,2-7H2,1H3,(H,16,17,19). The van der Waals surface area contributed by atoms with E-state index in [1.54, 1.807) is 0 Å². The smallest absolute Gasteiger partial charge is 0.337 e. The summed E-state index contributed by atoms with van der Waals surface area (Å²) in [6.45, 7) is 0. The number of aromatic nitrogens is 2. The first-order valence-electron chi connectivity index (χ1n) is 7.28. The van der Waals surface area contributed by atoms with Crippen molar-refractivity contribution in [2.45, 2.75) is 38.5 Å². The second-order valence-electron chi connectivity index (χ2n) is 5.54. The largest absolute Gasteiger partial charge is 0.468 e. The van der Waals surface area contributed by atoms with Crippen LogP contribution in [0.15, 0.2) is 20.1 Å². The maximum atomic E-state index is 12.1. The number of fused-ring (bicyclic) bond motifs is 1. The van der Waals surface area contributed by atoms with E-state index in [1.807, 2.05) is 0 Å². The molecular weight excluding hydrogens is 272 g/mol. The first-order valence-corrected chi connectivity index (χ1v) is 7.28. The van der Waals surface area contributed by atoms with Crippen LogP contribution in [0.3, 0.4) is 0 Å². The third kappa shape index (κ3) is 2.84. The lowest BCUT2D eigenvalue weighted by Gasteiger charge is -2.09. The highest BCUT2D eigenvalue weighted by Crippen LogP contribution is 2.29. The van der Waals surface area contributed by atoms with Crippen LogP contribution in [-0.4, -0.2) is 17.1 Å². The monoisotopic (exact) mass is 290 g/mol. The molecule has 0 unspecified atom stereocenters. The van der Waals surface area contributed by atoms with Crippen molar-refractivity contribution >= 4 is 11.1 Å². The fourth-order valence-corrected chi connectivity index (χ4v) is 3.08. The molecule has 6 nitrogen and oxygen atoms in total. The number of H-pyrrole nitrogens is 1. The molecule has 1 fully saturated rings. The van der Waals surface area contributed by atoms with Crippen LogP contribution in [0.4, 0.5) is 0 Å². The maximum Gasteiger partial charge on any atom is 0.337 e. The molecule has 112 valence electrons. The number of nitrogens with zero attached hydrogens (tertiary/aromatic N) is 1. The van der Waals surface area contributed by atoms with Crippen molar-refractivity contribution < 1.29 is 9.15 Å². The van der Waals surface area contributed by atoms with Crippen molar-refractivity contribution in [3.05, 3.63) is 32.4 Å². The quantitative estimate of drug-likeness (QED) is 0.931. The van der Waals surface area contributed by atoms with Crippen molar-refractivity contribution in [2.24, 2.45) is 5.92 Å². The Labute approximate surface area is 121 Å². The summed E-state index contributed by atoms with van der Waals surface area (Å²) in [6, 6.07) is 1.45. The van der Waals surface area contributed by atoms with E-state index in [2.05, 4.69) is 9.97 Å². The van der Waals surface area contributed by atoms with E-state index in [1.165, 1.54) is 38.9 Å². The van der Waals surface area contributed by atoms with Gasteiger partial charge in [0, 0.05) is 6.07 Å². The predicted molar refractivity (Wildman–Crippen MR) is 77.7 cm³/mol. The Hall–Kier alpha value is -2.11. The molecular formula is C15H18N2O4. The van der Waals surface area contributed by atoms with Crippen molar-refractivity contribution in [1.29, 1.82) is 0 Å². The molecule has 0 aliphatic heterocycles. The summed E-state index contributed by atoms with van der Waals surface area (Å²) in [5.41, 5.74) is -0.0554. The fourth-order valence-electron chi connectivity index (χ4n) is 3.08. The molecule has 0 saturated heterocycles. The number of rotatable bonds is 4. The van der Waals surface area contributed by atoms with Crippen molar-refractivity contribution in [1.82, 2.24) is 9.97 Å². The van der Waals surface area contributed by atoms with Gasteiger partial charge in [0.15, 0.2) is 0 Å². The average molecular weight is 290 g/mol. The molecule has 0 aromatic carbocycles. The highest BCUT2D eigenvalue weighted by atomic mass is 16.5. The Kier molecular flexibility index (Phi) is 3.77. The van der Waals surface area contributed by atoms with Crippen LogP contribution in [0.2, 0.25) is 0 Å². The van der Waals surface area contributed by atoms with Gasteiger partial charge in [-0.05, 0) is 24.3 Å². The lowest BCUT2D eigenvalue weighted by molar-refractivity contribution is 0.376. The van der Waals surface area contributed by atoms with E-state index in [9.17, 15) is 9.59 Å². The average Bonchev–Trinajstić information content (AvgIpc) is 2.97. The number of hydrogen-bond donors (Lipinski definition) is 1. The third-order valence-corrected chi connectivity index (χ3v) is 4.16. The molecule has 0 spiro atoms. The summed E-state index contributed by atoms with van der Waals surface area (Å²) >= 11 is 0. The molecule has 2 heterocycles. The van der Waals surface area contributed by atoms with Gasteiger partial charge in [0.2, 0.25) is 5.71 Å². The van der Waals surface area contributed by atoms with Gasteiger partial charge in [-0.1, -0.05) is 25.7 Å². The van der Waals surface area contributed by atoms with Crippen LogP contribution in [-0.2, 0) is 6.42 Å². The SMILES string of the molecule is COc1nc2oc(=O)cc(CCC3CCCC3)c2c(=O)[nH]1. The maximum absolute atomic E-state index is 12.1. The van der Waals surface area contributed by atoms with Crippen LogP contribution in [0, 0.1) is 5.92 Å². The number of aromatic amines is 1. The molecule has 6 heteroatoms.